The third kappa shape index (κ3) is 4.58. The molecule has 4 aromatic rings. The Morgan fingerprint density at radius 3 is 2.47 bits per heavy atom. The molecular weight excluding hydrogens is 420 g/mol. The van der Waals surface area contributed by atoms with E-state index in [1.807, 2.05) is 25.1 Å². The van der Waals surface area contributed by atoms with Crippen LogP contribution in [0.15, 0.2) is 77.9 Å². The number of anilines is 1. The number of benzene rings is 3. The molecule has 32 heavy (non-hydrogen) atoms. The number of hydrogen-bond acceptors (Lipinski definition) is 6. The lowest BCUT2D eigenvalue weighted by atomic mass is 10.0. The Bertz CT molecular complexity index is 1310. The van der Waals surface area contributed by atoms with Gasteiger partial charge in [-0.2, -0.15) is 5.10 Å². The van der Waals surface area contributed by atoms with E-state index >= 15 is 0 Å². The molecule has 0 atom stereocenters. The molecule has 0 fully saturated rings. The van der Waals surface area contributed by atoms with E-state index < -0.39 is 4.92 Å². The number of aryl methyl sites for hydroxylation is 2. The topological polar surface area (TPSA) is 80.4 Å². The Morgan fingerprint density at radius 2 is 1.75 bits per heavy atom. The molecule has 0 saturated carbocycles. The first-order chi connectivity index (χ1) is 15.4. The number of nitrogens with zero attached hydrogens (tertiary/aromatic N) is 3. The van der Waals surface area contributed by atoms with Crippen molar-refractivity contribution < 1.29 is 4.92 Å². The van der Waals surface area contributed by atoms with E-state index in [-0.39, 0.29) is 5.69 Å². The van der Waals surface area contributed by atoms with E-state index in [1.54, 1.807) is 12.1 Å². The smallest absolute Gasteiger partial charge is 0.258 e. The molecule has 1 heterocycles. The molecule has 160 valence electrons. The van der Waals surface area contributed by atoms with Gasteiger partial charge in [0.25, 0.3) is 5.69 Å². The second kappa shape index (κ2) is 9.11. The molecule has 0 aliphatic rings. The van der Waals surface area contributed by atoms with Gasteiger partial charge in [-0.25, -0.2) is 4.98 Å². The van der Waals surface area contributed by atoms with Crippen molar-refractivity contribution in [2.75, 3.05) is 5.43 Å². The minimum absolute atomic E-state index is 0.0367. The SMILES string of the molecule is C/C(=N/Nc1nc(-c2ccc(C)c(C)c2)c(-c2ccccc2)s1)c1cccc([N+](=O)[O-])c1. The van der Waals surface area contributed by atoms with E-state index in [4.69, 9.17) is 4.98 Å². The standard InChI is InChI=1S/C25H22N4O2S/c1-16-12-13-21(14-17(16)2)23-24(19-8-5-4-6-9-19)32-25(26-23)28-27-18(3)20-10-7-11-22(15-20)29(30)31/h4-15H,1-3H3,(H,26,28)/b27-18-. The predicted octanol–water partition coefficient (Wildman–Crippen LogP) is 6.84. The third-order valence-corrected chi connectivity index (χ3v) is 6.25. The summed E-state index contributed by atoms with van der Waals surface area (Å²) in [5.41, 5.74) is 9.89. The largest absolute Gasteiger partial charge is 0.270 e. The minimum Gasteiger partial charge on any atom is -0.258 e. The molecule has 0 aliphatic heterocycles. The number of hydrogen-bond donors (Lipinski definition) is 1. The summed E-state index contributed by atoms with van der Waals surface area (Å²) >= 11 is 1.53. The molecule has 0 unspecified atom stereocenters. The van der Waals surface area contributed by atoms with E-state index in [0.717, 1.165) is 21.7 Å². The van der Waals surface area contributed by atoms with E-state index in [2.05, 4.69) is 54.7 Å². The van der Waals surface area contributed by atoms with Crippen LogP contribution in [0.3, 0.4) is 0 Å². The van der Waals surface area contributed by atoms with Crippen LogP contribution in [0.25, 0.3) is 21.7 Å². The molecule has 7 heteroatoms. The molecule has 3 aromatic carbocycles. The molecule has 0 amide bonds. The molecule has 0 saturated heterocycles. The van der Waals surface area contributed by atoms with Crippen LogP contribution in [0, 0.1) is 24.0 Å². The summed E-state index contributed by atoms with van der Waals surface area (Å²) in [6, 6.07) is 22.9. The number of rotatable bonds is 6. The summed E-state index contributed by atoms with van der Waals surface area (Å²) < 4.78 is 0. The Hall–Kier alpha value is -3.84. The van der Waals surface area contributed by atoms with Gasteiger partial charge in [-0.15, -0.1) is 0 Å². The number of hydrazone groups is 1. The fraction of sp³-hybridized carbons (Fsp3) is 0.120. The number of nitro groups is 1. The molecule has 1 aromatic heterocycles. The molecule has 1 N–H and O–H groups in total. The van der Waals surface area contributed by atoms with Gasteiger partial charge in [0.1, 0.15) is 0 Å². The van der Waals surface area contributed by atoms with Crippen LogP contribution in [-0.2, 0) is 0 Å². The zero-order chi connectivity index (χ0) is 22.7. The van der Waals surface area contributed by atoms with Gasteiger partial charge in [0.05, 0.1) is 21.2 Å². The summed E-state index contributed by atoms with van der Waals surface area (Å²) in [5.74, 6) is 0. The van der Waals surface area contributed by atoms with Gasteiger partial charge in [0.2, 0.25) is 5.13 Å². The highest BCUT2D eigenvalue weighted by molar-refractivity contribution is 7.19. The molecule has 6 nitrogen and oxygen atoms in total. The molecule has 4 rings (SSSR count). The molecule has 0 radical (unpaired) electrons. The molecule has 0 spiro atoms. The minimum atomic E-state index is -0.410. The number of aromatic nitrogens is 1. The van der Waals surface area contributed by atoms with Crippen LogP contribution in [0.4, 0.5) is 10.8 Å². The maximum absolute atomic E-state index is 11.1. The summed E-state index contributed by atoms with van der Waals surface area (Å²) in [6.07, 6.45) is 0. The van der Waals surface area contributed by atoms with Crippen molar-refractivity contribution in [1.29, 1.82) is 0 Å². The van der Waals surface area contributed by atoms with Crippen molar-refractivity contribution >= 4 is 27.9 Å². The highest BCUT2D eigenvalue weighted by atomic mass is 32.1. The average molecular weight is 443 g/mol. The number of nitrogens with one attached hydrogen (secondary N) is 1. The number of nitro benzene ring substituents is 1. The average Bonchev–Trinajstić information content (AvgIpc) is 3.24. The molecule has 0 aliphatic carbocycles. The van der Waals surface area contributed by atoms with E-state index in [1.165, 1.54) is 34.6 Å². The first kappa shape index (κ1) is 21.4. The first-order valence-corrected chi connectivity index (χ1v) is 10.9. The maximum Gasteiger partial charge on any atom is 0.270 e. The van der Waals surface area contributed by atoms with Gasteiger partial charge < -0.3 is 0 Å². The Morgan fingerprint density at radius 1 is 0.969 bits per heavy atom. The third-order valence-electron chi connectivity index (χ3n) is 5.24. The fourth-order valence-corrected chi connectivity index (χ4v) is 4.21. The van der Waals surface area contributed by atoms with Crippen molar-refractivity contribution in [1.82, 2.24) is 4.98 Å². The zero-order valence-electron chi connectivity index (χ0n) is 18.0. The van der Waals surface area contributed by atoms with Crippen LogP contribution in [-0.4, -0.2) is 15.6 Å². The van der Waals surface area contributed by atoms with Crippen molar-refractivity contribution in [3.05, 3.63) is 99.6 Å². The van der Waals surface area contributed by atoms with Gasteiger partial charge in [-0.3, -0.25) is 15.5 Å². The van der Waals surface area contributed by atoms with Gasteiger partial charge in [0, 0.05) is 23.3 Å². The van der Waals surface area contributed by atoms with Crippen molar-refractivity contribution in [2.24, 2.45) is 5.10 Å². The lowest BCUT2D eigenvalue weighted by Crippen LogP contribution is -2.00. The van der Waals surface area contributed by atoms with Crippen molar-refractivity contribution in [2.45, 2.75) is 20.8 Å². The Labute approximate surface area is 190 Å². The highest BCUT2D eigenvalue weighted by Gasteiger charge is 2.16. The first-order valence-electron chi connectivity index (χ1n) is 10.1. The zero-order valence-corrected chi connectivity index (χ0v) is 18.8. The van der Waals surface area contributed by atoms with Crippen molar-refractivity contribution in [3.63, 3.8) is 0 Å². The second-order valence-corrected chi connectivity index (χ2v) is 8.48. The van der Waals surface area contributed by atoms with Crippen LogP contribution < -0.4 is 5.43 Å². The summed E-state index contributed by atoms with van der Waals surface area (Å²) in [7, 11) is 0. The predicted molar refractivity (Wildman–Crippen MR) is 131 cm³/mol. The Kier molecular flexibility index (Phi) is 6.09. The van der Waals surface area contributed by atoms with E-state index in [9.17, 15) is 10.1 Å². The van der Waals surface area contributed by atoms with Crippen LogP contribution >= 0.6 is 11.3 Å². The van der Waals surface area contributed by atoms with Crippen LogP contribution in [0.2, 0.25) is 0 Å². The number of thiazole rings is 1. The molecule has 0 bridgehead atoms. The molecular formula is C25H22N4O2S. The van der Waals surface area contributed by atoms with E-state index in [0.29, 0.717) is 16.4 Å². The quantitative estimate of drug-likeness (QED) is 0.201. The van der Waals surface area contributed by atoms with Gasteiger partial charge in [0.15, 0.2) is 0 Å². The van der Waals surface area contributed by atoms with Crippen LogP contribution in [0.1, 0.15) is 23.6 Å². The summed E-state index contributed by atoms with van der Waals surface area (Å²) in [4.78, 5) is 16.5. The van der Waals surface area contributed by atoms with Crippen molar-refractivity contribution in [3.8, 4) is 21.7 Å². The lowest BCUT2D eigenvalue weighted by molar-refractivity contribution is -0.384. The summed E-state index contributed by atoms with van der Waals surface area (Å²) in [6.45, 7) is 6.00. The van der Waals surface area contributed by atoms with Gasteiger partial charge in [-0.05, 0) is 43.5 Å². The normalized spacial score (nSPS) is 11.4. The monoisotopic (exact) mass is 442 g/mol. The van der Waals surface area contributed by atoms with Gasteiger partial charge in [-0.1, -0.05) is 65.9 Å². The second-order valence-electron chi connectivity index (χ2n) is 7.48. The number of non-ortho nitro benzene ring substituents is 1. The highest BCUT2D eigenvalue weighted by Crippen LogP contribution is 2.39. The summed E-state index contributed by atoms with van der Waals surface area (Å²) in [5, 5.41) is 16.1. The van der Waals surface area contributed by atoms with Crippen LogP contribution in [0.5, 0.6) is 0 Å². The Balaban J connectivity index is 1.70. The fourth-order valence-electron chi connectivity index (χ4n) is 3.28. The van der Waals surface area contributed by atoms with Gasteiger partial charge >= 0.3 is 0 Å². The maximum atomic E-state index is 11.1. The lowest BCUT2D eigenvalue weighted by Gasteiger charge is -2.05.